The molecule has 6 nitrogen and oxygen atoms in total. The van der Waals surface area contributed by atoms with E-state index in [1.165, 1.54) is 56.7 Å². The molecule has 3 N–H and O–H groups in total. The second-order valence-corrected chi connectivity index (χ2v) is 6.91. The Kier molecular flexibility index (Phi) is 4.36. The van der Waals surface area contributed by atoms with E-state index in [2.05, 4.69) is 32.3 Å². The van der Waals surface area contributed by atoms with Gasteiger partial charge in [0.15, 0.2) is 11.5 Å². The van der Waals surface area contributed by atoms with Gasteiger partial charge in [0.25, 0.3) is 5.91 Å². The molecule has 2 aromatic rings. The van der Waals surface area contributed by atoms with Crippen LogP contribution in [-0.4, -0.2) is 39.9 Å². The maximum atomic E-state index is 11.4. The minimum Gasteiger partial charge on any atom is -0.364 e. The first-order valence-corrected chi connectivity index (χ1v) is 8.92. The number of likely N-dealkylation sites (tertiary alicyclic amines) is 1. The number of hydrogen-bond acceptors (Lipinski definition) is 5. The van der Waals surface area contributed by atoms with E-state index < -0.39 is 5.91 Å². The third kappa shape index (κ3) is 3.64. The van der Waals surface area contributed by atoms with Gasteiger partial charge in [0, 0.05) is 24.1 Å². The molecule has 1 aromatic carbocycles. The molecule has 1 aliphatic heterocycles. The lowest BCUT2D eigenvalue weighted by molar-refractivity contribution is 0.0996. The summed E-state index contributed by atoms with van der Waals surface area (Å²) < 4.78 is 0. The van der Waals surface area contributed by atoms with Crippen molar-refractivity contribution in [2.75, 3.05) is 18.4 Å². The summed E-state index contributed by atoms with van der Waals surface area (Å²) in [4.78, 5) is 22.2. The molecule has 2 fully saturated rings. The highest BCUT2D eigenvalue weighted by atomic mass is 16.1. The standard InChI is InChI=1S/C19H23N5O/c20-18(25)17-19(22-10-9-21-17)23-15-3-1-13(2-4-15)14-7-11-24(12-8-14)16-5-6-16/h1-4,9-10,14,16H,5-8,11-12H2,(H2,20,25)(H,22,23). The number of carbonyl (C=O) groups is 1. The van der Waals surface area contributed by atoms with Crippen LogP contribution >= 0.6 is 0 Å². The van der Waals surface area contributed by atoms with Gasteiger partial charge in [0.2, 0.25) is 0 Å². The van der Waals surface area contributed by atoms with Gasteiger partial charge in [-0.1, -0.05) is 12.1 Å². The van der Waals surface area contributed by atoms with E-state index in [0.717, 1.165) is 11.7 Å². The molecule has 25 heavy (non-hydrogen) atoms. The fourth-order valence-corrected chi connectivity index (χ4v) is 3.62. The minimum atomic E-state index is -0.588. The van der Waals surface area contributed by atoms with Gasteiger partial charge >= 0.3 is 0 Å². The average molecular weight is 337 g/mol. The number of hydrogen-bond donors (Lipinski definition) is 2. The van der Waals surface area contributed by atoms with E-state index in [-0.39, 0.29) is 5.69 Å². The third-order valence-corrected chi connectivity index (χ3v) is 5.17. The first kappa shape index (κ1) is 16.0. The number of benzene rings is 1. The van der Waals surface area contributed by atoms with Gasteiger partial charge in [0.05, 0.1) is 0 Å². The fraction of sp³-hybridized carbons (Fsp3) is 0.421. The molecule has 1 aliphatic carbocycles. The Morgan fingerprint density at radius 3 is 2.36 bits per heavy atom. The number of piperidine rings is 1. The van der Waals surface area contributed by atoms with Crippen LogP contribution in [0.2, 0.25) is 0 Å². The molecule has 2 heterocycles. The molecular weight excluding hydrogens is 314 g/mol. The second-order valence-electron chi connectivity index (χ2n) is 6.91. The van der Waals surface area contributed by atoms with Gasteiger partial charge < -0.3 is 16.0 Å². The Hall–Kier alpha value is -2.47. The summed E-state index contributed by atoms with van der Waals surface area (Å²) in [5.74, 6) is 0.442. The maximum Gasteiger partial charge on any atom is 0.271 e. The number of nitrogens with zero attached hydrogens (tertiary/aromatic N) is 3. The molecule has 1 aromatic heterocycles. The number of nitrogens with two attached hydrogens (primary N) is 1. The van der Waals surface area contributed by atoms with Crippen molar-refractivity contribution in [3.8, 4) is 0 Å². The van der Waals surface area contributed by atoms with Gasteiger partial charge in [-0.25, -0.2) is 9.97 Å². The van der Waals surface area contributed by atoms with Crippen LogP contribution in [0.25, 0.3) is 0 Å². The Morgan fingerprint density at radius 1 is 1.04 bits per heavy atom. The van der Waals surface area contributed by atoms with Gasteiger partial charge in [-0.3, -0.25) is 4.79 Å². The Labute approximate surface area is 147 Å². The molecule has 1 saturated carbocycles. The minimum absolute atomic E-state index is 0.152. The van der Waals surface area contributed by atoms with Crippen molar-refractivity contribution in [1.29, 1.82) is 0 Å². The summed E-state index contributed by atoms with van der Waals surface area (Å²) in [5, 5.41) is 3.13. The highest BCUT2D eigenvalue weighted by molar-refractivity contribution is 5.96. The van der Waals surface area contributed by atoms with E-state index in [9.17, 15) is 4.79 Å². The van der Waals surface area contributed by atoms with E-state index in [4.69, 9.17) is 5.73 Å². The van der Waals surface area contributed by atoms with Gasteiger partial charge in [-0.2, -0.15) is 0 Å². The summed E-state index contributed by atoms with van der Waals surface area (Å²) in [6.07, 6.45) is 8.25. The van der Waals surface area contributed by atoms with Crippen LogP contribution in [0, 0.1) is 0 Å². The zero-order valence-electron chi connectivity index (χ0n) is 14.2. The van der Waals surface area contributed by atoms with E-state index in [1.54, 1.807) is 0 Å². The average Bonchev–Trinajstić information content (AvgIpc) is 3.48. The van der Waals surface area contributed by atoms with Crippen molar-refractivity contribution < 1.29 is 4.79 Å². The summed E-state index contributed by atoms with van der Waals surface area (Å²) in [6, 6.07) is 9.27. The molecule has 0 unspecified atom stereocenters. The van der Waals surface area contributed by atoms with E-state index >= 15 is 0 Å². The normalized spacial score (nSPS) is 18.9. The lowest BCUT2D eigenvalue weighted by Gasteiger charge is -2.32. The molecule has 0 atom stereocenters. The Morgan fingerprint density at radius 2 is 1.72 bits per heavy atom. The van der Waals surface area contributed by atoms with Crippen molar-refractivity contribution in [3.05, 3.63) is 47.9 Å². The maximum absolute atomic E-state index is 11.4. The summed E-state index contributed by atoms with van der Waals surface area (Å²) >= 11 is 0. The van der Waals surface area contributed by atoms with Crippen LogP contribution in [0.3, 0.4) is 0 Å². The molecule has 130 valence electrons. The lowest BCUT2D eigenvalue weighted by Crippen LogP contribution is -2.34. The molecule has 2 aliphatic rings. The second kappa shape index (κ2) is 6.80. The smallest absolute Gasteiger partial charge is 0.271 e. The fourth-order valence-electron chi connectivity index (χ4n) is 3.62. The molecule has 0 spiro atoms. The first-order chi connectivity index (χ1) is 12.2. The number of primary amides is 1. The highest BCUT2D eigenvalue weighted by Crippen LogP contribution is 2.34. The van der Waals surface area contributed by atoms with Crippen LogP contribution in [0.15, 0.2) is 36.7 Å². The zero-order valence-corrected chi connectivity index (χ0v) is 14.2. The van der Waals surface area contributed by atoms with Crippen LogP contribution in [0.5, 0.6) is 0 Å². The molecule has 1 amide bonds. The largest absolute Gasteiger partial charge is 0.364 e. The molecule has 0 bridgehead atoms. The SMILES string of the molecule is NC(=O)c1nccnc1Nc1ccc(C2CCN(C3CC3)CC2)cc1. The van der Waals surface area contributed by atoms with E-state index in [1.807, 2.05) is 12.1 Å². The monoisotopic (exact) mass is 337 g/mol. The summed E-state index contributed by atoms with van der Waals surface area (Å²) in [5.41, 5.74) is 7.75. The number of amides is 1. The quantitative estimate of drug-likeness (QED) is 0.876. The van der Waals surface area contributed by atoms with Crippen molar-refractivity contribution >= 4 is 17.4 Å². The Balaban J connectivity index is 1.41. The Bertz CT molecular complexity index is 749. The van der Waals surface area contributed by atoms with Crippen LogP contribution < -0.4 is 11.1 Å². The molecular formula is C19H23N5O. The van der Waals surface area contributed by atoms with E-state index in [0.29, 0.717) is 11.7 Å². The van der Waals surface area contributed by atoms with Crippen molar-refractivity contribution in [1.82, 2.24) is 14.9 Å². The number of carbonyl (C=O) groups excluding carboxylic acids is 1. The van der Waals surface area contributed by atoms with Crippen LogP contribution in [-0.2, 0) is 0 Å². The zero-order chi connectivity index (χ0) is 17.2. The summed E-state index contributed by atoms with van der Waals surface area (Å²) in [7, 11) is 0. The molecule has 0 radical (unpaired) electrons. The highest BCUT2D eigenvalue weighted by Gasteiger charge is 2.32. The number of nitrogens with one attached hydrogen (secondary N) is 1. The van der Waals surface area contributed by atoms with Gasteiger partial charge in [0.1, 0.15) is 0 Å². The molecule has 6 heteroatoms. The van der Waals surface area contributed by atoms with Crippen molar-refractivity contribution in [2.24, 2.45) is 5.73 Å². The predicted octanol–water partition coefficient (Wildman–Crippen LogP) is 2.66. The van der Waals surface area contributed by atoms with Crippen LogP contribution in [0.1, 0.15) is 47.7 Å². The number of anilines is 2. The molecule has 4 rings (SSSR count). The molecule has 1 saturated heterocycles. The van der Waals surface area contributed by atoms with Crippen LogP contribution in [0.4, 0.5) is 11.5 Å². The number of aromatic nitrogens is 2. The van der Waals surface area contributed by atoms with Crippen molar-refractivity contribution in [2.45, 2.75) is 37.6 Å². The third-order valence-electron chi connectivity index (χ3n) is 5.17. The topological polar surface area (TPSA) is 84.1 Å². The number of rotatable bonds is 5. The summed E-state index contributed by atoms with van der Waals surface area (Å²) in [6.45, 7) is 2.44. The van der Waals surface area contributed by atoms with Gasteiger partial charge in [-0.05, 0) is 62.4 Å². The first-order valence-electron chi connectivity index (χ1n) is 8.92. The van der Waals surface area contributed by atoms with Crippen molar-refractivity contribution in [3.63, 3.8) is 0 Å². The lowest BCUT2D eigenvalue weighted by atomic mass is 9.89. The predicted molar refractivity (Wildman–Crippen MR) is 96.8 cm³/mol. The van der Waals surface area contributed by atoms with Gasteiger partial charge in [-0.15, -0.1) is 0 Å².